The van der Waals surface area contributed by atoms with Crippen LogP contribution < -0.4 is 10.6 Å². The minimum Gasteiger partial charge on any atom is -0.396 e. The topological polar surface area (TPSA) is 98.7 Å². The van der Waals surface area contributed by atoms with Gasteiger partial charge in [0.25, 0.3) is 5.91 Å². The molecule has 0 aromatic rings. The number of urea groups is 1. The molecule has 3 N–H and O–H groups in total. The van der Waals surface area contributed by atoms with Crippen LogP contribution in [0.1, 0.15) is 58.3 Å². The molecule has 0 unspecified atom stereocenters. The van der Waals surface area contributed by atoms with Crippen molar-refractivity contribution in [3.05, 3.63) is 0 Å². The second-order valence-electron chi connectivity index (χ2n) is 7.80. The molecule has 7 nitrogen and oxygen atoms in total. The van der Waals surface area contributed by atoms with Crippen molar-refractivity contribution in [1.82, 2.24) is 15.5 Å². The summed E-state index contributed by atoms with van der Waals surface area (Å²) in [5, 5.41) is 15.1. The van der Waals surface area contributed by atoms with E-state index in [-0.39, 0.29) is 36.9 Å². The number of carbonyl (C=O) groups excluding carboxylic acids is 3. The van der Waals surface area contributed by atoms with Crippen molar-refractivity contribution < 1.29 is 19.5 Å². The van der Waals surface area contributed by atoms with Crippen LogP contribution in [0.3, 0.4) is 0 Å². The molecular weight excluding hydrogens is 322 g/mol. The summed E-state index contributed by atoms with van der Waals surface area (Å²) in [6.07, 6.45) is 6.98. The molecular formula is C18H29N3O4. The molecule has 0 aromatic carbocycles. The van der Waals surface area contributed by atoms with E-state index in [1.165, 1.54) is 0 Å². The summed E-state index contributed by atoms with van der Waals surface area (Å²) in [5.41, 5.74) is -0.802. The van der Waals surface area contributed by atoms with Crippen LogP contribution in [0.25, 0.3) is 0 Å². The number of hydrogen-bond acceptors (Lipinski definition) is 4. The van der Waals surface area contributed by atoms with Crippen LogP contribution in [0.4, 0.5) is 4.79 Å². The van der Waals surface area contributed by atoms with E-state index in [0.29, 0.717) is 18.8 Å². The number of hydrogen-bond donors (Lipinski definition) is 3. The van der Waals surface area contributed by atoms with Crippen LogP contribution >= 0.6 is 0 Å². The molecule has 4 amide bonds. The fourth-order valence-corrected chi connectivity index (χ4v) is 4.58. The fraction of sp³-hybridized carbons (Fsp3) is 0.833. The number of nitrogens with zero attached hydrogens (tertiary/aromatic N) is 1. The lowest BCUT2D eigenvalue weighted by atomic mass is 9.75. The van der Waals surface area contributed by atoms with Crippen molar-refractivity contribution in [3.63, 3.8) is 0 Å². The first-order valence-corrected chi connectivity index (χ1v) is 9.53. The zero-order chi connectivity index (χ0) is 18.0. The first kappa shape index (κ1) is 18.2. The highest BCUT2D eigenvalue weighted by Crippen LogP contribution is 2.37. The van der Waals surface area contributed by atoms with Crippen molar-refractivity contribution in [3.8, 4) is 0 Å². The first-order valence-electron chi connectivity index (χ1n) is 9.53. The summed E-state index contributed by atoms with van der Waals surface area (Å²) >= 11 is 0. The zero-order valence-corrected chi connectivity index (χ0v) is 14.9. The van der Waals surface area contributed by atoms with Gasteiger partial charge in [-0.3, -0.25) is 14.5 Å². The molecule has 7 heteroatoms. The molecule has 1 spiro atoms. The molecule has 2 saturated carbocycles. The number of amides is 4. The Kier molecular flexibility index (Phi) is 5.32. The van der Waals surface area contributed by atoms with Crippen molar-refractivity contribution in [2.24, 2.45) is 11.8 Å². The summed E-state index contributed by atoms with van der Waals surface area (Å²) in [4.78, 5) is 38.5. The highest BCUT2D eigenvalue weighted by Gasteiger charge is 2.52. The molecule has 2 aliphatic carbocycles. The van der Waals surface area contributed by atoms with E-state index in [4.69, 9.17) is 0 Å². The number of aliphatic hydroxyl groups is 1. The van der Waals surface area contributed by atoms with E-state index < -0.39 is 11.6 Å². The number of aliphatic hydroxyl groups excluding tert-OH is 1. The van der Waals surface area contributed by atoms with Gasteiger partial charge < -0.3 is 15.7 Å². The Morgan fingerprint density at radius 1 is 1.28 bits per heavy atom. The smallest absolute Gasteiger partial charge is 0.325 e. The van der Waals surface area contributed by atoms with Crippen molar-refractivity contribution >= 4 is 17.8 Å². The molecule has 0 bridgehead atoms. The lowest BCUT2D eigenvalue weighted by molar-refractivity contribution is -0.136. The molecule has 1 aliphatic heterocycles. The Bertz CT molecular complexity index is 542. The van der Waals surface area contributed by atoms with Crippen LogP contribution in [0.5, 0.6) is 0 Å². The van der Waals surface area contributed by atoms with Crippen LogP contribution in [-0.4, -0.2) is 52.6 Å². The molecule has 3 fully saturated rings. The van der Waals surface area contributed by atoms with E-state index in [1.807, 2.05) is 0 Å². The predicted molar refractivity (Wildman–Crippen MR) is 91.6 cm³/mol. The SMILES string of the molecule is CCC1CCC2(CC1)NC(=O)N(CC(=O)N[C@H]1CCC[C@@H]1CO)C2=O. The van der Waals surface area contributed by atoms with Crippen LogP contribution in [-0.2, 0) is 9.59 Å². The maximum Gasteiger partial charge on any atom is 0.325 e. The summed E-state index contributed by atoms with van der Waals surface area (Å²) < 4.78 is 0. The molecule has 0 aromatic heterocycles. The Morgan fingerprint density at radius 3 is 2.64 bits per heavy atom. The van der Waals surface area contributed by atoms with Gasteiger partial charge in [0.2, 0.25) is 5.91 Å². The summed E-state index contributed by atoms with van der Waals surface area (Å²) in [5.74, 6) is 0.105. The second kappa shape index (κ2) is 7.32. The Morgan fingerprint density at radius 2 is 2.00 bits per heavy atom. The van der Waals surface area contributed by atoms with E-state index in [9.17, 15) is 19.5 Å². The Labute approximate surface area is 148 Å². The van der Waals surface area contributed by atoms with Gasteiger partial charge in [-0.1, -0.05) is 19.8 Å². The molecule has 3 rings (SSSR count). The molecule has 0 radical (unpaired) electrons. The summed E-state index contributed by atoms with van der Waals surface area (Å²) in [7, 11) is 0. The maximum atomic E-state index is 12.8. The van der Waals surface area contributed by atoms with E-state index in [0.717, 1.165) is 43.4 Å². The van der Waals surface area contributed by atoms with Gasteiger partial charge in [0.15, 0.2) is 0 Å². The van der Waals surface area contributed by atoms with Crippen LogP contribution in [0.2, 0.25) is 0 Å². The third-order valence-corrected chi connectivity index (χ3v) is 6.32. The minimum absolute atomic E-state index is 0.0514. The van der Waals surface area contributed by atoms with Gasteiger partial charge in [0.1, 0.15) is 12.1 Å². The van der Waals surface area contributed by atoms with Gasteiger partial charge in [-0.2, -0.15) is 0 Å². The highest BCUT2D eigenvalue weighted by atomic mass is 16.3. The van der Waals surface area contributed by atoms with Gasteiger partial charge >= 0.3 is 6.03 Å². The van der Waals surface area contributed by atoms with Gasteiger partial charge in [-0.15, -0.1) is 0 Å². The average Bonchev–Trinajstić information content (AvgIpc) is 3.14. The van der Waals surface area contributed by atoms with E-state index in [2.05, 4.69) is 17.6 Å². The monoisotopic (exact) mass is 351 g/mol. The lowest BCUT2D eigenvalue weighted by Crippen LogP contribution is -2.50. The molecule has 2 atom stereocenters. The molecule has 3 aliphatic rings. The second-order valence-corrected chi connectivity index (χ2v) is 7.80. The van der Waals surface area contributed by atoms with Crippen LogP contribution in [0.15, 0.2) is 0 Å². The molecule has 1 heterocycles. The van der Waals surface area contributed by atoms with Crippen molar-refractivity contribution in [2.75, 3.05) is 13.2 Å². The van der Waals surface area contributed by atoms with E-state index >= 15 is 0 Å². The summed E-state index contributed by atoms with van der Waals surface area (Å²) in [6.45, 7) is 1.96. The normalized spacial score (nSPS) is 35.3. The van der Waals surface area contributed by atoms with E-state index in [1.54, 1.807) is 0 Å². The third kappa shape index (κ3) is 3.52. The number of nitrogens with one attached hydrogen (secondary N) is 2. The maximum absolute atomic E-state index is 12.8. The molecule has 25 heavy (non-hydrogen) atoms. The van der Waals surface area contributed by atoms with Gasteiger partial charge in [-0.05, 0) is 44.4 Å². The predicted octanol–water partition coefficient (Wildman–Crippen LogP) is 1.15. The number of rotatable bonds is 5. The number of imide groups is 1. The van der Waals surface area contributed by atoms with Crippen molar-refractivity contribution in [2.45, 2.75) is 69.9 Å². The standard InChI is InChI=1S/C18H29N3O4/c1-2-12-6-8-18(9-7-12)16(24)21(17(25)20-18)10-15(23)19-14-5-3-4-13(14)11-22/h12-14,22H,2-11H2,1H3,(H,19,23)(H,20,25)/t12?,13-,14+,18?/m1/s1. The highest BCUT2D eigenvalue weighted by molar-refractivity contribution is 6.09. The Hall–Kier alpha value is -1.63. The minimum atomic E-state index is -0.802. The molecule has 140 valence electrons. The van der Waals surface area contributed by atoms with Crippen molar-refractivity contribution in [1.29, 1.82) is 0 Å². The Balaban J connectivity index is 1.58. The summed E-state index contributed by atoms with van der Waals surface area (Å²) in [6, 6.07) is -0.521. The largest absolute Gasteiger partial charge is 0.396 e. The van der Waals surface area contributed by atoms with Gasteiger partial charge in [0, 0.05) is 18.6 Å². The van der Waals surface area contributed by atoms with Gasteiger partial charge in [0.05, 0.1) is 0 Å². The fourth-order valence-electron chi connectivity index (χ4n) is 4.58. The van der Waals surface area contributed by atoms with Gasteiger partial charge in [-0.25, -0.2) is 4.79 Å². The zero-order valence-electron chi connectivity index (χ0n) is 14.9. The first-order chi connectivity index (χ1) is 12.0. The quantitative estimate of drug-likeness (QED) is 0.647. The molecule has 1 saturated heterocycles. The third-order valence-electron chi connectivity index (χ3n) is 6.32. The van der Waals surface area contributed by atoms with Crippen LogP contribution in [0, 0.1) is 11.8 Å². The number of carbonyl (C=O) groups is 3. The lowest BCUT2D eigenvalue weighted by Gasteiger charge is -2.34. The average molecular weight is 351 g/mol.